The minimum atomic E-state index is -4.39. The molecule has 0 aromatic heterocycles. The number of carbonyl (C=O) groups excluding carboxylic acids is 2. The van der Waals surface area contributed by atoms with Crippen molar-refractivity contribution in [2.24, 2.45) is 5.73 Å². The fourth-order valence-corrected chi connectivity index (χ4v) is 11.8. The Morgan fingerprint density at radius 2 is 0.632 bits per heavy atom. The molecule has 0 bridgehead atoms. The van der Waals surface area contributed by atoms with Gasteiger partial charge in [-0.3, -0.25) is 18.6 Å². The highest BCUT2D eigenvalue weighted by atomic mass is 31.2. The molecule has 0 rings (SSSR count). The third-order valence-electron chi connectivity index (χ3n) is 16.6. The van der Waals surface area contributed by atoms with E-state index in [-0.39, 0.29) is 38.6 Å². The van der Waals surface area contributed by atoms with Crippen molar-refractivity contribution in [3.63, 3.8) is 0 Å². The van der Waals surface area contributed by atoms with E-state index in [1.54, 1.807) is 0 Å². The highest BCUT2D eigenvalue weighted by Crippen LogP contribution is 2.43. The lowest BCUT2D eigenvalue weighted by Gasteiger charge is -2.19. The van der Waals surface area contributed by atoms with Gasteiger partial charge in [-0.25, -0.2) is 4.57 Å². The Balaban J connectivity index is 3.76. The number of unbranched alkanes of at least 4 members (excludes halogenated alkanes) is 46. The van der Waals surface area contributed by atoms with E-state index in [4.69, 9.17) is 24.3 Å². The zero-order valence-electron chi connectivity index (χ0n) is 57.3. The van der Waals surface area contributed by atoms with Crippen LogP contribution in [0, 0.1) is 0 Å². The summed E-state index contributed by atoms with van der Waals surface area (Å²) < 4.78 is 33.2. The lowest BCUT2D eigenvalue weighted by Crippen LogP contribution is -2.29. The molecule has 508 valence electrons. The first-order valence-electron chi connectivity index (χ1n) is 37.4. The molecule has 0 aromatic rings. The predicted molar refractivity (Wildman–Crippen MR) is 376 cm³/mol. The molecular weight excluding hydrogens is 1100 g/mol. The van der Waals surface area contributed by atoms with E-state index in [0.29, 0.717) is 6.42 Å². The van der Waals surface area contributed by atoms with Gasteiger partial charge in [0.2, 0.25) is 0 Å². The molecule has 0 spiro atoms. The van der Waals surface area contributed by atoms with Gasteiger partial charge in [-0.05, 0) is 83.5 Å². The van der Waals surface area contributed by atoms with Crippen LogP contribution in [0.5, 0.6) is 0 Å². The van der Waals surface area contributed by atoms with Crippen LogP contribution in [0.1, 0.15) is 373 Å². The molecule has 0 amide bonds. The summed E-state index contributed by atoms with van der Waals surface area (Å²) in [5.74, 6) is -0.810. The summed E-state index contributed by atoms with van der Waals surface area (Å²) in [5.41, 5.74) is 5.41. The summed E-state index contributed by atoms with van der Waals surface area (Å²) in [7, 11) is -4.39. The van der Waals surface area contributed by atoms with Crippen LogP contribution in [0.15, 0.2) is 72.9 Å². The zero-order chi connectivity index (χ0) is 63.0. The standard InChI is InChI=1S/C77H142NO8P/c1-3-5-7-9-11-13-15-17-19-21-23-25-27-29-30-31-32-33-34-35-36-37-38-39-40-41-42-43-44-46-48-50-52-54-56-58-60-62-64-66-68-70-77(80)86-75(74-85-87(81,82)84-72-71-78)73-83-76(79)69-67-65-63-61-59-57-55-53-51-49-47-45-28-26-24-22-20-18-16-14-12-10-8-6-4-2/h5,7,11,13,16-19,22-25,75H,3-4,6,8-10,12,14-15,20-21,26-74,78H2,1-2H3,(H,81,82)/b7-5-,13-11-,18-16-,19-17-,24-22-,25-23-. The number of esters is 2. The van der Waals surface area contributed by atoms with E-state index in [9.17, 15) is 19.0 Å². The topological polar surface area (TPSA) is 134 Å². The number of ether oxygens (including phenoxy) is 2. The average Bonchev–Trinajstić information content (AvgIpc) is 3.65. The second-order valence-electron chi connectivity index (χ2n) is 25.1. The Hall–Kier alpha value is -2.55. The average molecular weight is 1240 g/mol. The van der Waals surface area contributed by atoms with Crippen molar-refractivity contribution in [2.45, 2.75) is 380 Å². The smallest absolute Gasteiger partial charge is 0.462 e. The van der Waals surface area contributed by atoms with Gasteiger partial charge >= 0.3 is 19.8 Å². The number of rotatable bonds is 71. The lowest BCUT2D eigenvalue weighted by atomic mass is 10.0. The van der Waals surface area contributed by atoms with Gasteiger partial charge < -0.3 is 20.1 Å². The van der Waals surface area contributed by atoms with Gasteiger partial charge in [-0.1, -0.05) is 350 Å². The molecule has 0 aliphatic rings. The van der Waals surface area contributed by atoms with Crippen molar-refractivity contribution < 1.29 is 37.6 Å². The molecule has 0 aromatic carbocycles. The van der Waals surface area contributed by atoms with Gasteiger partial charge in [0.1, 0.15) is 6.61 Å². The van der Waals surface area contributed by atoms with Crippen molar-refractivity contribution in [1.29, 1.82) is 0 Å². The Morgan fingerprint density at radius 1 is 0.356 bits per heavy atom. The maximum absolute atomic E-state index is 12.8. The number of hydrogen-bond acceptors (Lipinski definition) is 8. The van der Waals surface area contributed by atoms with Gasteiger partial charge in [0, 0.05) is 19.4 Å². The van der Waals surface area contributed by atoms with Crippen molar-refractivity contribution in [1.82, 2.24) is 0 Å². The number of phosphoric acid groups is 1. The molecule has 0 aliphatic heterocycles. The number of hydrogen-bond donors (Lipinski definition) is 2. The molecule has 0 heterocycles. The fourth-order valence-electron chi connectivity index (χ4n) is 11.1. The number of phosphoric ester groups is 1. The Bertz CT molecular complexity index is 1660. The largest absolute Gasteiger partial charge is 0.472 e. The van der Waals surface area contributed by atoms with Gasteiger partial charge in [0.15, 0.2) is 6.10 Å². The van der Waals surface area contributed by atoms with Crippen molar-refractivity contribution in [3.05, 3.63) is 72.9 Å². The van der Waals surface area contributed by atoms with Gasteiger partial charge in [-0.2, -0.15) is 0 Å². The maximum Gasteiger partial charge on any atom is 0.472 e. The third-order valence-corrected chi connectivity index (χ3v) is 17.6. The zero-order valence-corrected chi connectivity index (χ0v) is 58.2. The predicted octanol–water partition coefficient (Wildman–Crippen LogP) is 24.8. The molecule has 10 heteroatoms. The highest BCUT2D eigenvalue weighted by Gasteiger charge is 2.26. The first-order valence-corrected chi connectivity index (χ1v) is 38.9. The van der Waals surface area contributed by atoms with E-state index >= 15 is 0 Å². The summed E-state index contributed by atoms with van der Waals surface area (Å²) in [4.78, 5) is 35.4. The number of carbonyl (C=O) groups is 2. The Labute approximate surface area is 539 Å². The lowest BCUT2D eigenvalue weighted by molar-refractivity contribution is -0.161. The summed E-state index contributed by atoms with van der Waals surface area (Å²) in [6.45, 7) is 3.68. The number of allylic oxidation sites excluding steroid dienone is 12. The van der Waals surface area contributed by atoms with Crippen LogP contribution in [0.2, 0.25) is 0 Å². The number of nitrogens with two attached hydrogens (primary N) is 1. The quantitative estimate of drug-likeness (QED) is 0.0264. The minimum Gasteiger partial charge on any atom is -0.462 e. The highest BCUT2D eigenvalue weighted by molar-refractivity contribution is 7.47. The van der Waals surface area contributed by atoms with E-state index in [2.05, 4.69) is 86.8 Å². The Kier molecular flexibility index (Phi) is 70.4. The van der Waals surface area contributed by atoms with E-state index in [0.717, 1.165) is 64.2 Å². The minimum absolute atomic E-state index is 0.0543. The van der Waals surface area contributed by atoms with Gasteiger partial charge in [0.05, 0.1) is 13.2 Å². The van der Waals surface area contributed by atoms with E-state index in [1.807, 2.05) is 0 Å². The summed E-state index contributed by atoms with van der Waals surface area (Å²) in [6.07, 6.45) is 96.0. The molecule has 9 nitrogen and oxygen atoms in total. The summed E-state index contributed by atoms with van der Waals surface area (Å²) in [5, 5.41) is 0. The first kappa shape index (κ1) is 84.5. The monoisotopic (exact) mass is 1240 g/mol. The second kappa shape index (κ2) is 72.5. The van der Waals surface area contributed by atoms with Crippen LogP contribution in [0.25, 0.3) is 0 Å². The third kappa shape index (κ3) is 72.4. The molecule has 2 unspecified atom stereocenters. The van der Waals surface area contributed by atoms with Crippen LogP contribution in [-0.2, 0) is 32.7 Å². The van der Waals surface area contributed by atoms with Crippen LogP contribution in [-0.4, -0.2) is 49.3 Å². The Morgan fingerprint density at radius 3 is 0.943 bits per heavy atom. The maximum atomic E-state index is 12.8. The molecule has 0 fully saturated rings. The van der Waals surface area contributed by atoms with Gasteiger partial charge in [-0.15, -0.1) is 0 Å². The van der Waals surface area contributed by atoms with Crippen molar-refractivity contribution in [2.75, 3.05) is 26.4 Å². The summed E-state index contributed by atoms with van der Waals surface area (Å²) >= 11 is 0. The van der Waals surface area contributed by atoms with Crippen molar-refractivity contribution in [3.8, 4) is 0 Å². The second-order valence-corrected chi connectivity index (χ2v) is 26.6. The van der Waals surface area contributed by atoms with Crippen LogP contribution in [0.4, 0.5) is 0 Å². The van der Waals surface area contributed by atoms with Crippen LogP contribution >= 0.6 is 7.82 Å². The molecular formula is C77H142NO8P. The first-order chi connectivity index (χ1) is 42.8. The molecule has 0 radical (unpaired) electrons. The van der Waals surface area contributed by atoms with Crippen LogP contribution < -0.4 is 5.73 Å². The van der Waals surface area contributed by atoms with E-state index < -0.39 is 26.5 Å². The SMILES string of the molecule is CC/C=C\C/C=C\C/C=C\C/C=C\CCCCCCCCCCCCCCCCCCCCCCCCCCCCCCC(=O)OC(COC(=O)CCCCCCCCCCCCCCC/C=C\C/C=C\CCCCCCC)COP(=O)(O)OCCN. The molecule has 3 N–H and O–H groups in total. The van der Waals surface area contributed by atoms with Crippen molar-refractivity contribution >= 4 is 19.8 Å². The molecule has 87 heavy (non-hydrogen) atoms. The van der Waals surface area contributed by atoms with Crippen LogP contribution in [0.3, 0.4) is 0 Å². The van der Waals surface area contributed by atoms with Gasteiger partial charge in [0.25, 0.3) is 0 Å². The molecule has 0 saturated carbocycles. The van der Waals surface area contributed by atoms with E-state index in [1.165, 1.54) is 276 Å². The molecule has 0 aliphatic carbocycles. The molecule has 2 atom stereocenters. The fraction of sp³-hybridized carbons (Fsp3) is 0.818. The molecule has 0 saturated heterocycles. The normalized spacial score (nSPS) is 13.3. The summed E-state index contributed by atoms with van der Waals surface area (Å²) in [6, 6.07) is 0.